The van der Waals surface area contributed by atoms with Crippen molar-refractivity contribution in [2.75, 3.05) is 0 Å². The van der Waals surface area contributed by atoms with Crippen LogP contribution in [0.2, 0.25) is 0 Å². The Balaban J connectivity index is 2.91. The first-order valence-corrected chi connectivity index (χ1v) is 5.58. The number of primary sulfonamides is 1. The lowest BCUT2D eigenvalue weighted by Crippen LogP contribution is -2.14. The molecule has 1 aromatic rings. The minimum Gasteiger partial charge on any atom is -0.263 e. The maximum Gasteiger partial charge on any atom is 0.213 e. The number of halogens is 1. The summed E-state index contributed by atoms with van der Waals surface area (Å²) < 4.78 is 22.0. The molecule has 0 amide bonds. The quantitative estimate of drug-likeness (QED) is 0.837. The fourth-order valence-electron chi connectivity index (χ4n) is 0.767. The summed E-state index contributed by atoms with van der Waals surface area (Å²) >= 11 is 3.17. The lowest BCUT2D eigenvalue weighted by Gasteiger charge is -1.97. The van der Waals surface area contributed by atoms with E-state index in [1.54, 1.807) is 12.3 Å². The first-order valence-electron chi connectivity index (χ1n) is 3.07. The number of hydrogen-bond acceptors (Lipinski definition) is 3. The Kier molecular flexibility index (Phi) is 2.81. The number of nitrogens with two attached hydrogens (primary N) is 1. The van der Waals surface area contributed by atoms with Gasteiger partial charge in [0, 0.05) is 16.9 Å². The predicted molar refractivity (Wildman–Crippen MR) is 48.7 cm³/mol. The number of hydrogen-bond donors (Lipinski definition) is 1. The van der Waals surface area contributed by atoms with E-state index in [0.29, 0.717) is 5.56 Å². The van der Waals surface area contributed by atoms with Crippen LogP contribution >= 0.6 is 15.9 Å². The maximum atomic E-state index is 10.6. The van der Waals surface area contributed by atoms with Crippen LogP contribution in [0.4, 0.5) is 0 Å². The molecule has 0 atom stereocenters. The molecule has 0 aliphatic rings. The molecule has 0 spiro atoms. The van der Waals surface area contributed by atoms with Crippen molar-refractivity contribution >= 4 is 26.0 Å². The van der Waals surface area contributed by atoms with Gasteiger partial charge in [0.1, 0.15) is 0 Å². The summed E-state index contributed by atoms with van der Waals surface area (Å²) in [5.74, 6) is -0.181. The molecule has 4 nitrogen and oxygen atoms in total. The predicted octanol–water partition coefficient (Wildman–Crippen LogP) is 0.633. The topological polar surface area (TPSA) is 73.1 Å². The number of nitrogens with zero attached hydrogens (tertiary/aromatic N) is 1. The van der Waals surface area contributed by atoms with Gasteiger partial charge in [-0.3, -0.25) is 4.98 Å². The number of rotatable bonds is 2. The van der Waals surface area contributed by atoms with E-state index < -0.39 is 10.0 Å². The summed E-state index contributed by atoms with van der Waals surface area (Å²) in [5, 5.41) is 4.85. The van der Waals surface area contributed by atoms with Crippen LogP contribution in [0, 0.1) is 0 Å². The van der Waals surface area contributed by atoms with E-state index in [0.717, 1.165) is 4.47 Å². The first kappa shape index (κ1) is 9.63. The van der Waals surface area contributed by atoms with Gasteiger partial charge < -0.3 is 0 Å². The third kappa shape index (κ3) is 3.29. The second-order valence-corrected chi connectivity index (χ2v) is 4.85. The number of aromatic nitrogens is 1. The van der Waals surface area contributed by atoms with E-state index in [1.807, 2.05) is 0 Å². The molecule has 0 unspecified atom stereocenters. The summed E-state index contributed by atoms with van der Waals surface area (Å²) in [6, 6.07) is 1.66. The monoisotopic (exact) mass is 250 g/mol. The second kappa shape index (κ2) is 3.51. The average Bonchev–Trinajstić information content (AvgIpc) is 1.82. The molecule has 0 bridgehead atoms. The average molecular weight is 251 g/mol. The first-order chi connectivity index (χ1) is 5.47. The zero-order valence-corrected chi connectivity index (χ0v) is 8.47. The van der Waals surface area contributed by atoms with Crippen LogP contribution in [-0.4, -0.2) is 13.4 Å². The van der Waals surface area contributed by atoms with Crippen molar-refractivity contribution < 1.29 is 8.42 Å². The molecule has 1 rings (SSSR count). The van der Waals surface area contributed by atoms with Crippen LogP contribution < -0.4 is 5.14 Å². The van der Waals surface area contributed by atoms with E-state index >= 15 is 0 Å². The highest BCUT2D eigenvalue weighted by Gasteiger charge is 2.04. The van der Waals surface area contributed by atoms with Crippen LogP contribution in [0.3, 0.4) is 0 Å². The highest BCUT2D eigenvalue weighted by Crippen LogP contribution is 2.10. The van der Waals surface area contributed by atoms with Gasteiger partial charge in [-0.05, 0) is 27.6 Å². The van der Waals surface area contributed by atoms with Crippen molar-refractivity contribution in [2.45, 2.75) is 5.75 Å². The van der Waals surface area contributed by atoms with Crippen LogP contribution in [0.15, 0.2) is 22.9 Å². The number of pyridine rings is 1. The van der Waals surface area contributed by atoms with Crippen molar-refractivity contribution in [3.8, 4) is 0 Å². The maximum absolute atomic E-state index is 10.6. The molecule has 2 N–H and O–H groups in total. The molecule has 6 heteroatoms. The molecule has 0 fully saturated rings. The molecule has 1 heterocycles. The molecule has 0 radical (unpaired) electrons. The molecule has 0 aromatic carbocycles. The van der Waals surface area contributed by atoms with Crippen molar-refractivity contribution in [3.05, 3.63) is 28.5 Å². The van der Waals surface area contributed by atoms with E-state index in [2.05, 4.69) is 20.9 Å². The molecular formula is C6H7BrN2O2S. The Morgan fingerprint density at radius 3 is 2.67 bits per heavy atom. The lowest BCUT2D eigenvalue weighted by molar-refractivity contribution is 0.597. The Bertz CT molecular complexity index is 377. The molecule has 0 aliphatic carbocycles. The molecule has 66 valence electrons. The fourth-order valence-corrected chi connectivity index (χ4v) is 1.80. The highest BCUT2D eigenvalue weighted by atomic mass is 79.9. The second-order valence-electron chi connectivity index (χ2n) is 2.32. The van der Waals surface area contributed by atoms with Gasteiger partial charge in [0.15, 0.2) is 0 Å². The van der Waals surface area contributed by atoms with Crippen molar-refractivity contribution in [1.82, 2.24) is 4.98 Å². The SMILES string of the molecule is NS(=O)(=O)Cc1cncc(Br)c1. The van der Waals surface area contributed by atoms with E-state index in [-0.39, 0.29) is 5.75 Å². The van der Waals surface area contributed by atoms with Crippen molar-refractivity contribution in [2.24, 2.45) is 5.14 Å². The standard InChI is InChI=1S/C6H7BrN2O2S/c7-6-1-5(2-9-3-6)4-12(8,10)11/h1-3H,4H2,(H2,8,10,11). The largest absolute Gasteiger partial charge is 0.263 e. The van der Waals surface area contributed by atoms with Crippen molar-refractivity contribution in [1.29, 1.82) is 0 Å². The van der Waals surface area contributed by atoms with Crippen LogP contribution in [0.25, 0.3) is 0 Å². The van der Waals surface area contributed by atoms with Crippen molar-refractivity contribution in [3.63, 3.8) is 0 Å². The minimum absolute atomic E-state index is 0.181. The molecule has 12 heavy (non-hydrogen) atoms. The third-order valence-corrected chi connectivity index (χ3v) is 2.30. The normalized spacial score (nSPS) is 11.5. The van der Waals surface area contributed by atoms with Gasteiger partial charge in [0.05, 0.1) is 5.75 Å². The summed E-state index contributed by atoms with van der Waals surface area (Å²) in [7, 11) is -3.45. The molecular weight excluding hydrogens is 244 g/mol. The van der Waals surface area contributed by atoms with Crippen LogP contribution in [0.1, 0.15) is 5.56 Å². The summed E-state index contributed by atoms with van der Waals surface area (Å²) in [4.78, 5) is 3.80. The molecule has 0 saturated heterocycles. The Labute approximate surface area is 79.0 Å². The van der Waals surface area contributed by atoms with Crippen LogP contribution in [-0.2, 0) is 15.8 Å². The minimum atomic E-state index is -3.45. The van der Waals surface area contributed by atoms with Gasteiger partial charge in [-0.2, -0.15) is 0 Å². The Morgan fingerprint density at radius 1 is 1.50 bits per heavy atom. The fraction of sp³-hybridized carbons (Fsp3) is 0.167. The van der Waals surface area contributed by atoms with Gasteiger partial charge >= 0.3 is 0 Å². The van der Waals surface area contributed by atoms with Crippen LogP contribution in [0.5, 0.6) is 0 Å². The van der Waals surface area contributed by atoms with E-state index in [1.165, 1.54) is 6.20 Å². The highest BCUT2D eigenvalue weighted by molar-refractivity contribution is 9.10. The molecule has 0 aliphatic heterocycles. The Morgan fingerprint density at radius 2 is 2.17 bits per heavy atom. The lowest BCUT2D eigenvalue weighted by atomic mass is 10.3. The van der Waals surface area contributed by atoms with Gasteiger partial charge in [-0.25, -0.2) is 13.6 Å². The van der Waals surface area contributed by atoms with Gasteiger partial charge in [0.25, 0.3) is 0 Å². The third-order valence-electron chi connectivity index (χ3n) is 1.13. The summed E-state index contributed by atoms with van der Waals surface area (Å²) in [5.41, 5.74) is 0.576. The molecule has 1 aromatic heterocycles. The number of sulfonamides is 1. The van der Waals surface area contributed by atoms with Gasteiger partial charge in [-0.15, -0.1) is 0 Å². The zero-order valence-electron chi connectivity index (χ0n) is 6.07. The summed E-state index contributed by atoms with van der Waals surface area (Å²) in [6.45, 7) is 0. The van der Waals surface area contributed by atoms with E-state index in [9.17, 15) is 8.42 Å². The van der Waals surface area contributed by atoms with Gasteiger partial charge in [-0.1, -0.05) is 0 Å². The zero-order chi connectivity index (χ0) is 9.19. The summed E-state index contributed by atoms with van der Waals surface area (Å²) in [6.07, 6.45) is 3.04. The molecule has 0 saturated carbocycles. The van der Waals surface area contributed by atoms with E-state index in [4.69, 9.17) is 5.14 Å². The Hall–Kier alpha value is -0.460. The van der Waals surface area contributed by atoms with Gasteiger partial charge in [0.2, 0.25) is 10.0 Å². The smallest absolute Gasteiger partial charge is 0.213 e.